The molecule has 1 N–H and O–H groups in total. The van der Waals surface area contributed by atoms with Crippen LogP contribution in [0.15, 0.2) is 21.2 Å². The third kappa shape index (κ3) is 3.23. The quantitative estimate of drug-likeness (QED) is 0.881. The zero-order valence-electron chi connectivity index (χ0n) is 12.2. The van der Waals surface area contributed by atoms with E-state index in [1.807, 2.05) is 6.07 Å². The Hall–Kier alpha value is -0.320. The Morgan fingerprint density at radius 2 is 2.00 bits per heavy atom. The molecule has 108 valence electrons. The van der Waals surface area contributed by atoms with Gasteiger partial charge < -0.3 is 14.5 Å². The molecule has 4 heteroatoms. The number of ether oxygens (including phenoxy) is 1. The third-order valence-corrected chi connectivity index (χ3v) is 4.64. The van der Waals surface area contributed by atoms with Crippen LogP contribution in [0.5, 0.6) is 0 Å². The molecule has 1 aliphatic heterocycles. The van der Waals surface area contributed by atoms with Crippen LogP contribution in [0.4, 0.5) is 0 Å². The Kier molecular flexibility index (Phi) is 5.09. The highest BCUT2D eigenvalue weighted by Gasteiger charge is 2.43. The van der Waals surface area contributed by atoms with Gasteiger partial charge in [-0.3, -0.25) is 0 Å². The van der Waals surface area contributed by atoms with E-state index in [1.54, 1.807) is 0 Å². The predicted octanol–water partition coefficient (Wildman–Crippen LogP) is 4.14. The largest absolute Gasteiger partial charge is 0.453 e. The predicted molar refractivity (Wildman–Crippen MR) is 80.1 cm³/mol. The van der Waals surface area contributed by atoms with Crippen molar-refractivity contribution in [3.8, 4) is 0 Å². The van der Waals surface area contributed by atoms with Gasteiger partial charge in [-0.1, -0.05) is 13.8 Å². The second kappa shape index (κ2) is 6.42. The first kappa shape index (κ1) is 15.1. The van der Waals surface area contributed by atoms with Crippen LogP contribution in [0.25, 0.3) is 0 Å². The van der Waals surface area contributed by atoms with Gasteiger partial charge in [-0.15, -0.1) is 0 Å². The van der Waals surface area contributed by atoms with Gasteiger partial charge in [0.25, 0.3) is 0 Å². The van der Waals surface area contributed by atoms with Crippen molar-refractivity contribution in [1.82, 2.24) is 5.32 Å². The molecule has 1 aliphatic rings. The Bertz CT molecular complexity index is 407. The Labute approximate surface area is 124 Å². The maximum atomic E-state index is 5.98. The van der Waals surface area contributed by atoms with Crippen molar-refractivity contribution in [1.29, 1.82) is 0 Å². The minimum absolute atomic E-state index is 0.223. The van der Waals surface area contributed by atoms with Crippen LogP contribution in [-0.4, -0.2) is 18.8 Å². The molecular weight excluding hydrogens is 306 g/mol. The molecule has 5 unspecified atom stereocenters. The van der Waals surface area contributed by atoms with Crippen molar-refractivity contribution in [3.05, 3.63) is 22.6 Å². The number of rotatable bonds is 5. The maximum Gasteiger partial charge on any atom is 0.169 e. The molecule has 0 amide bonds. The average molecular weight is 330 g/mol. The van der Waals surface area contributed by atoms with Gasteiger partial charge in [-0.05, 0) is 60.8 Å². The highest BCUT2D eigenvalue weighted by molar-refractivity contribution is 9.10. The average Bonchev–Trinajstić information content (AvgIpc) is 2.88. The molecule has 1 aromatic rings. The zero-order chi connectivity index (χ0) is 14.0. The number of hydrogen-bond donors (Lipinski definition) is 1. The van der Waals surface area contributed by atoms with Crippen LogP contribution in [0.1, 0.15) is 45.9 Å². The van der Waals surface area contributed by atoms with Gasteiger partial charge in [0, 0.05) is 5.92 Å². The lowest BCUT2D eigenvalue weighted by atomic mass is 9.82. The Morgan fingerprint density at radius 1 is 1.26 bits per heavy atom. The van der Waals surface area contributed by atoms with Gasteiger partial charge in [-0.2, -0.15) is 0 Å². The van der Waals surface area contributed by atoms with E-state index in [0.717, 1.165) is 23.4 Å². The molecule has 0 saturated carbocycles. The summed E-state index contributed by atoms with van der Waals surface area (Å²) in [5.74, 6) is 1.97. The second-order valence-electron chi connectivity index (χ2n) is 5.56. The first-order chi connectivity index (χ1) is 9.04. The van der Waals surface area contributed by atoms with Gasteiger partial charge >= 0.3 is 0 Å². The lowest BCUT2D eigenvalue weighted by molar-refractivity contribution is 0.0465. The van der Waals surface area contributed by atoms with Gasteiger partial charge in [0.2, 0.25) is 0 Å². The fraction of sp³-hybridized carbons (Fsp3) is 0.733. The first-order valence-electron chi connectivity index (χ1n) is 7.18. The molecule has 0 bridgehead atoms. The minimum Gasteiger partial charge on any atom is -0.453 e. The van der Waals surface area contributed by atoms with Gasteiger partial charge in [0.15, 0.2) is 4.67 Å². The van der Waals surface area contributed by atoms with E-state index in [0.29, 0.717) is 17.9 Å². The van der Waals surface area contributed by atoms with Crippen LogP contribution in [0.2, 0.25) is 0 Å². The molecular formula is C15H24BrNO2. The summed E-state index contributed by atoms with van der Waals surface area (Å²) in [5.41, 5.74) is 0. The van der Waals surface area contributed by atoms with E-state index in [2.05, 4.69) is 55.0 Å². The van der Waals surface area contributed by atoms with Gasteiger partial charge in [0.05, 0.1) is 18.2 Å². The summed E-state index contributed by atoms with van der Waals surface area (Å²) in [6.45, 7) is 9.78. The molecule has 0 spiro atoms. The molecule has 2 heterocycles. The molecule has 0 radical (unpaired) electrons. The van der Waals surface area contributed by atoms with Crippen molar-refractivity contribution in [3.63, 3.8) is 0 Å². The standard InChI is InChI=1S/C15H24BrNO2/c1-5-8-17-15(12-6-7-13(16)19-12)14-9(2)10(3)18-11(14)4/h6-7,9-11,14-15,17H,5,8H2,1-4H3. The third-order valence-electron chi connectivity index (χ3n) is 4.22. The highest BCUT2D eigenvalue weighted by Crippen LogP contribution is 2.41. The topological polar surface area (TPSA) is 34.4 Å². The second-order valence-corrected chi connectivity index (χ2v) is 6.34. The number of hydrogen-bond acceptors (Lipinski definition) is 3. The van der Waals surface area contributed by atoms with Crippen molar-refractivity contribution in [2.24, 2.45) is 11.8 Å². The van der Waals surface area contributed by atoms with E-state index >= 15 is 0 Å². The molecule has 5 atom stereocenters. The van der Waals surface area contributed by atoms with Crippen molar-refractivity contribution in [2.45, 2.75) is 52.4 Å². The van der Waals surface area contributed by atoms with Crippen LogP contribution in [0, 0.1) is 11.8 Å². The summed E-state index contributed by atoms with van der Waals surface area (Å²) in [6.07, 6.45) is 1.68. The molecule has 1 saturated heterocycles. The molecule has 2 rings (SSSR count). The highest BCUT2D eigenvalue weighted by atomic mass is 79.9. The summed E-state index contributed by atoms with van der Waals surface area (Å²) >= 11 is 3.39. The molecule has 0 aromatic carbocycles. The molecule has 1 fully saturated rings. The molecule has 1 aromatic heterocycles. The summed E-state index contributed by atoms with van der Waals surface area (Å²) in [6, 6.07) is 4.24. The SMILES string of the molecule is CCCNC(c1ccc(Br)o1)C1C(C)OC(C)C1C. The van der Waals surface area contributed by atoms with E-state index in [4.69, 9.17) is 9.15 Å². The monoisotopic (exact) mass is 329 g/mol. The van der Waals surface area contributed by atoms with Crippen molar-refractivity contribution >= 4 is 15.9 Å². The molecule has 0 aliphatic carbocycles. The van der Waals surface area contributed by atoms with E-state index in [-0.39, 0.29) is 12.1 Å². The normalized spacial score (nSPS) is 32.7. The fourth-order valence-electron chi connectivity index (χ4n) is 3.09. The summed E-state index contributed by atoms with van der Waals surface area (Å²) in [4.78, 5) is 0. The summed E-state index contributed by atoms with van der Waals surface area (Å²) < 4.78 is 12.6. The Morgan fingerprint density at radius 3 is 2.47 bits per heavy atom. The van der Waals surface area contributed by atoms with Crippen LogP contribution in [0.3, 0.4) is 0 Å². The summed E-state index contributed by atoms with van der Waals surface area (Å²) in [5, 5.41) is 3.63. The van der Waals surface area contributed by atoms with Crippen molar-refractivity contribution in [2.75, 3.05) is 6.54 Å². The zero-order valence-corrected chi connectivity index (χ0v) is 13.7. The lowest BCUT2D eigenvalue weighted by Gasteiger charge is -2.28. The Balaban J connectivity index is 2.22. The maximum absolute atomic E-state index is 5.98. The lowest BCUT2D eigenvalue weighted by Crippen LogP contribution is -2.35. The minimum atomic E-state index is 0.223. The number of halogens is 1. The molecule has 3 nitrogen and oxygen atoms in total. The summed E-state index contributed by atoms with van der Waals surface area (Å²) in [7, 11) is 0. The van der Waals surface area contributed by atoms with Crippen molar-refractivity contribution < 1.29 is 9.15 Å². The number of nitrogens with one attached hydrogen (secondary N) is 1. The van der Waals surface area contributed by atoms with Crippen LogP contribution < -0.4 is 5.32 Å². The number of furan rings is 1. The van der Waals surface area contributed by atoms with E-state index < -0.39 is 0 Å². The van der Waals surface area contributed by atoms with Crippen LogP contribution >= 0.6 is 15.9 Å². The molecule has 19 heavy (non-hydrogen) atoms. The fourth-order valence-corrected chi connectivity index (χ4v) is 3.41. The first-order valence-corrected chi connectivity index (χ1v) is 7.98. The smallest absolute Gasteiger partial charge is 0.169 e. The van der Waals surface area contributed by atoms with Crippen LogP contribution in [-0.2, 0) is 4.74 Å². The van der Waals surface area contributed by atoms with Gasteiger partial charge in [-0.25, -0.2) is 0 Å². The van der Waals surface area contributed by atoms with E-state index in [9.17, 15) is 0 Å². The van der Waals surface area contributed by atoms with E-state index in [1.165, 1.54) is 0 Å². The van der Waals surface area contributed by atoms with Gasteiger partial charge in [0.1, 0.15) is 5.76 Å².